The smallest absolute Gasteiger partial charge is 0.268 e. The molecule has 7 heteroatoms. The average molecular weight is 395 g/mol. The Morgan fingerprint density at radius 3 is 2.89 bits per heavy atom. The number of amides is 1. The minimum absolute atomic E-state index is 0.201. The Balaban J connectivity index is 1.62. The first-order chi connectivity index (χ1) is 13.2. The number of hydrogen-bond donors (Lipinski definition) is 1. The van der Waals surface area contributed by atoms with Crippen LogP contribution in [0.5, 0.6) is 0 Å². The normalized spacial score (nSPS) is 13.5. The lowest BCUT2D eigenvalue weighted by molar-refractivity contribution is 0.103. The molecule has 1 N–H and O–H groups in total. The number of carbonyl (C=O) groups is 1. The van der Waals surface area contributed by atoms with E-state index >= 15 is 0 Å². The van der Waals surface area contributed by atoms with Gasteiger partial charge in [0.1, 0.15) is 21.0 Å². The Labute approximate surface area is 165 Å². The summed E-state index contributed by atoms with van der Waals surface area (Å²) in [5.41, 5.74) is 3.35. The number of anilines is 1. The van der Waals surface area contributed by atoms with Gasteiger partial charge in [-0.3, -0.25) is 9.78 Å². The van der Waals surface area contributed by atoms with Gasteiger partial charge in [-0.25, -0.2) is 4.98 Å². The molecule has 3 aromatic rings. The van der Waals surface area contributed by atoms with E-state index in [2.05, 4.69) is 21.4 Å². The molecule has 0 unspecified atom stereocenters. The van der Waals surface area contributed by atoms with Crippen LogP contribution >= 0.6 is 22.7 Å². The maximum absolute atomic E-state index is 12.9. The van der Waals surface area contributed by atoms with Gasteiger partial charge in [-0.05, 0) is 50.3 Å². The van der Waals surface area contributed by atoms with E-state index < -0.39 is 0 Å². The first-order valence-corrected chi connectivity index (χ1v) is 10.5. The monoisotopic (exact) mass is 394 g/mol. The third-order valence-electron chi connectivity index (χ3n) is 4.67. The fourth-order valence-electron chi connectivity index (χ4n) is 3.33. The van der Waals surface area contributed by atoms with Crippen LogP contribution in [0.15, 0.2) is 24.5 Å². The van der Waals surface area contributed by atoms with Crippen molar-refractivity contribution in [2.24, 2.45) is 0 Å². The summed E-state index contributed by atoms with van der Waals surface area (Å²) in [7, 11) is 0. The van der Waals surface area contributed by atoms with E-state index in [9.17, 15) is 10.1 Å². The van der Waals surface area contributed by atoms with E-state index in [0.717, 1.165) is 41.8 Å². The molecule has 0 bridgehead atoms. The van der Waals surface area contributed by atoms with Crippen molar-refractivity contribution in [3.8, 4) is 16.6 Å². The molecule has 0 aromatic carbocycles. The van der Waals surface area contributed by atoms with Crippen molar-refractivity contribution in [3.05, 3.63) is 51.1 Å². The van der Waals surface area contributed by atoms with Gasteiger partial charge in [0.15, 0.2) is 0 Å². The molecule has 3 heterocycles. The number of aromatic nitrogens is 2. The lowest BCUT2D eigenvalue weighted by Crippen LogP contribution is -2.11. The molecule has 136 valence electrons. The second-order valence-corrected chi connectivity index (χ2v) is 8.61. The highest BCUT2D eigenvalue weighted by Gasteiger charge is 2.23. The number of hydrogen-bond acceptors (Lipinski definition) is 6. The zero-order valence-electron chi connectivity index (χ0n) is 14.9. The Morgan fingerprint density at radius 2 is 2.11 bits per heavy atom. The summed E-state index contributed by atoms with van der Waals surface area (Å²) >= 11 is 2.90. The fraction of sp³-hybridized carbons (Fsp3) is 0.300. The Morgan fingerprint density at radius 1 is 1.26 bits per heavy atom. The van der Waals surface area contributed by atoms with E-state index in [1.54, 1.807) is 23.7 Å². The van der Waals surface area contributed by atoms with Crippen LogP contribution < -0.4 is 5.32 Å². The molecule has 1 aliphatic carbocycles. The number of rotatable bonds is 3. The highest BCUT2D eigenvalue weighted by Crippen LogP contribution is 2.37. The van der Waals surface area contributed by atoms with Crippen LogP contribution in [-0.4, -0.2) is 15.9 Å². The van der Waals surface area contributed by atoms with Crippen LogP contribution in [0.25, 0.3) is 10.6 Å². The molecule has 0 aliphatic heterocycles. The standard InChI is InChI=1S/C20H18N4OS2/c1-12-17(27-19(23-12)13-6-5-9-22-11-13)18(25)24-20-15(10-21)14-7-3-2-4-8-16(14)26-20/h5-6,9,11H,2-4,7-8H2,1H3,(H,24,25). The minimum Gasteiger partial charge on any atom is -0.312 e. The predicted octanol–water partition coefficient (Wildman–Crippen LogP) is 4.97. The molecule has 5 nitrogen and oxygen atoms in total. The molecule has 1 amide bonds. The molecule has 0 spiro atoms. The van der Waals surface area contributed by atoms with Crippen molar-refractivity contribution in [1.29, 1.82) is 5.26 Å². The highest BCUT2D eigenvalue weighted by atomic mass is 32.1. The summed E-state index contributed by atoms with van der Waals surface area (Å²) in [5, 5.41) is 14.1. The average Bonchev–Trinajstić information content (AvgIpc) is 3.14. The van der Waals surface area contributed by atoms with Gasteiger partial charge in [0.2, 0.25) is 0 Å². The first kappa shape index (κ1) is 17.8. The van der Waals surface area contributed by atoms with E-state index in [1.165, 1.54) is 22.6 Å². The van der Waals surface area contributed by atoms with Gasteiger partial charge in [0, 0.05) is 22.8 Å². The second-order valence-electron chi connectivity index (χ2n) is 6.51. The molecule has 0 saturated carbocycles. The van der Waals surface area contributed by atoms with Gasteiger partial charge in [-0.2, -0.15) is 5.26 Å². The number of fused-ring (bicyclic) bond motifs is 1. The van der Waals surface area contributed by atoms with Crippen LogP contribution in [0, 0.1) is 18.3 Å². The van der Waals surface area contributed by atoms with E-state index in [1.807, 2.05) is 19.1 Å². The molecule has 0 atom stereocenters. The molecule has 0 radical (unpaired) electrons. The number of thiazole rings is 1. The molecule has 0 saturated heterocycles. The van der Waals surface area contributed by atoms with Crippen molar-refractivity contribution in [3.63, 3.8) is 0 Å². The first-order valence-electron chi connectivity index (χ1n) is 8.91. The second kappa shape index (κ2) is 7.59. The van der Waals surface area contributed by atoms with Gasteiger partial charge in [0.25, 0.3) is 5.91 Å². The van der Waals surface area contributed by atoms with Crippen molar-refractivity contribution < 1.29 is 4.79 Å². The van der Waals surface area contributed by atoms with E-state index in [4.69, 9.17) is 0 Å². The summed E-state index contributed by atoms with van der Waals surface area (Å²) in [6, 6.07) is 6.09. The molecule has 4 rings (SSSR count). The summed E-state index contributed by atoms with van der Waals surface area (Å²) in [6.07, 6.45) is 8.82. The molecular weight excluding hydrogens is 376 g/mol. The van der Waals surface area contributed by atoms with Gasteiger partial charge in [-0.15, -0.1) is 22.7 Å². The van der Waals surface area contributed by atoms with Gasteiger partial charge in [-0.1, -0.05) is 6.42 Å². The van der Waals surface area contributed by atoms with Crippen molar-refractivity contribution in [2.45, 2.75) is 39.0 Å². The fourth-order valence-corrected chi connectivity index (χ4v) is 5.52. The molecular formula is C20H18N4OS2. The third kappa shape index (κ3) is 3.51. The number of nitrogens with zero attached hydrogens (tertiary/aromatic N) is 3. The van der Waals surface area contributed by atoms with Gasteiger partial charge in [0.05, 0.1) is 11.3 Å². The SMILES string of the molecule is Cc1nc(-c2cccnc2)sc1C(=O)Nc1sc2c(c1C#N)CCCCC2. The van der Waals surface area contributed by atoms with Crippen LogP contribution in [0.2, 0.25) is 0 Å². The molecule has 1 aliphatic rings. The van der Waals surface area contributed by atoms with Crippen molar-refractivity contribution in [1.82, 2.24) is 9.97 Å². The maximum atomic E-state index is 12.9. The van der Waals surface area contributed by atoms with Gasteiger partial charge >= 0.3 is 0 Å². The lowest BCUT2D eigenvalue weighted by Gasteiger charge is -2.02. The van der Waals surface area contributed by atoms with E-state index in [0.29, 0.717) is 21.1 Å². The number of pyridine rings is 1. The topological polar surface area (TPSA) is 78.7 Å². The minimum atomic E-state index is -0.201. The van der Waals surface area contributed by atoms with E-state index in [-0.39, 0.29) is 5.91 Å². The molecule has 27 heavy (non-hydrogen) atoms. The predicted molar refractivity (Wildman–Crippen MR) is 108 cm³/mol. The van der Waals surface area contributed by atoms with Crippen LogP contribution in [-0.2, 0) is 12.8 Å². The zero-order chi connectivity index (χ0) is 18.8. The number of thiophene rings is 1. The number of nitrogens with one attached hydrogen (secondary N) is 1. The lowest BCUT2D eigenvalue weighted by atomic mass is 10.1. The van der Waals surface area contributed by atoms with Crippen molar-refractivity contribution >= 4 is 33.6 Å². The van der Waals surface area contributed by atoms with Gasteiger partial charge < -0.3 is 5.32 Å². The Hall–Kier alpha value is -2.56. The largest absolute Gasteiger partial charge is 0.312 e. The van der Waals surface area contributed by atoms with Crippen LogP contribution in [0.4, 0.5) is 5.00 Å². The number of nitriles is 1. The van der Waals surface area contributed by atoms with Crippen LogP contribution in [0.3, 0.4) is 0 Å². The number of aryl methyl sites for hydroxylation is 2. The summed E-state index contributed by atoms with van der Waals surface area (Å²) in [5.74, 6) is -0.201. The zero-order valence-corrected chi connectivity index (χ0v) is 16.5. The quantitative estimate of drug-likeness (QED) is 0.636. The van der Waals surface area contributed by atoms with Crippen molar-refractivity contribution in [2.75, 3.05) is 5.32 Å². The number of carbonyl (C=O) groups excluding carboxylic acids is 1. The Bertz CT molecular complexity index is 1030. The summed E-state index contributed by atoms with van der Waals surface area (Å²) in [6.45, 7) is 1.83. The third-order valence-corrected chi connectivity index (χ3v) is 7.08. The van der Waals surface area contributed by atoms with Crippen LogP contribution in [0.1, 0.15) is 50.6 Å². The summed E-state index contributed by atoms with van der Waals surface area (Å²) in [4.78, 5) is 23.3. The summed E-state index contributed by atoms with van der Waals surface area (Å²) < 4.78 is 0. The highest BCUT2D eigenvalue weighted by molar-refractivity contribution is 7.18. The Kier molecular flexibility index (Phi) is 5.01. The molecule has 3 aromatic heterocycles. The maximum Gasteiger partial charge on any atom is 0.268 e. The molecule has 0 fully saturated rings.